The lowest BCUT2D eigenvalue weighted by molar-refractivity contribution is 0.414. The van der Waals surface area contributed by atoms with Crippen molar-refractivity contribution in [1.29, 1.82) is 0 Å². The summed E-state index contributed by atoms with van der Waals surface area (Å²) in [7, 11) is 1.66. The molecule has 5 nitrogen and oxygen atoms in total. The highest BCUT2D eigenvalue weighted by atomic mass is 16.5. The number of benzene rings is 1. The molecule has 0 aliphatic carbocycles. The number of aryl methyl sites for hydroxylation is 2. The Morgan fingerprint density at radius 3 is 2.53 bits per heavy atom. The lowest BCUT2D eigenvalue weighted by Gasteiger charge is -2.02. The molecule has 0 N–H and O–H groups in total. The molecule has 0 saturated heterocycles. The molecule has 2 aromatic rings. The quantitative estimate of drug-likeness (QED) is 0.789. The van der Waals surface area contributed by atoms with Crippen LogP contribution in [0.2, 0.25) is 0 Å². The summed E-state index contributed by atoms with van der Waals surface area (Å²) >= 11 is 0. The molecule has 1 aromatic carbocycles. The zero-order chi connectivity index (χ0) is 13.7. The van der Waals surface area contributed by atoms with E-state index in [0.29, 0.717) is 0 Å². The molecule has 0 unspecified atom stereocenters. The van der Waals surface area contributed by atoms with Crippen LogP contribution in [0.15, 0.2) is 35.4 Å². The van der Waals surface area contributed by atoms with Gasteiger partial charge in [0.2, 0.25) is 0 Å². The second-order valence-corrected chi connectivity index (χ2v) is 3.97. The fraction of sp³-hybridized carbons (Fsp3) is 0.214. The molecule has 0 atom stereocenters. The Balaban J connectivity index is 2.12. The number of para-hydroxylation sites is 1. The van der Waals surface area contributed by atoms with Crippen LogP contribution in [-0.4, -0.2) is 28.2 Å². The first-order chi connectivity index (χ1) is 9.22. The third-order valence-electron chi connectivity index (χ3n) is 2.64. The Kier molecular flexibility index (Phi) is 4.07. The maximum absolute atomic E-state index is 5.27. The summed E-state index contributed by atoms with van der Waals surface area (Å²) in [4.78, 5) is 0. The maximum atomic E-state index is 5.27. The summed E-state index contributed by atoms with van der Waals surface area (Å²) in [6, 6.07) is 7.81. The first-order valence-corrected chi connectivity index (χ1v) is 5.95. The Morgan fingerprint density at radius 2 is 1.84 bits per heavy atom. The van der Waals surface area contributed by atoms with Crippen LogP contribution < -0.4 is 4.74 Å². The lowest BCUT2D eigenvalue weighted by atomic mass is 10.2. The molecular formula is C14H16N4O. The molecule has 2 rings (SSSR count). The molecule has 0 saturated carbocycles. The van der Waals surface area contributed by atoms with E-state index >= 15 is 0 Å². The standard InChI is InChI=1S/C14H16N4O/c1-11-16-17-12(2)18(11)15-10-6-8-13-7-4-5-9-14(13)19-3/h4-10H,1-3H3/b8-6-,15-10-. The van der Waals surface area contributed by atoms with Gasteiger partial charge in [0.25, 0.3) is 0 Å². The van der Waals surface area contributed by atoms with Crippen LogP contribution in [0.1, 0.15) is 17.2 Å². The third-order valence-corrected chi connectivity index (χ3v) is 2.64. The van der Waals surface area contributed by atoms with Crippen molar-refractivity contribution in [2.75, 3.05) is 7.11 Å². The minimum Gasteiger partial charge on any atom is -0.496 e. The van der Waals surface area contributed by atoms with Gasteiger partial charge in [-0.3, -0.25) is 0 Å². The van der Waals surface area contributed by atoms with Crippen LogP contribution in [0.25, 0.3) is 6.08 Å². The van der Waals surface area contributed by atoms with Gasteiger partial charge in [-0.25, -0.2) is 4.68 Å². The van der Waals surface area contributed by atoms with Crippen molar-refractivity contribution in [3.63, 3.8) is 0 Å². The average Bonchev–Trinajstić information content (AvgIpc) is 2.75. The van der Waals surface area contributed by atoms with Gasteiger partial charge >= 0.3 is 0 Å². The van der Waals surface area contributed by atoms with Crippen LogP contribution in [-0.2, 0) is 0 Å². The highest BCUT2D eigenvalue weighted by Gasteiger charge is 2.00. The zero-order valence-corrected chi connectivity index (χ0v) is 11.2. The van der Waals surface area contributed by atoms with Gasteiger partial charge in [-0.15, -0.1) is 10.2 Å². The molecule has 0 spiro atoms. The van der Waals surface area contributed by atoms with Crippen LogP contribution in [0.5, 0.6) is 5.75 Å². The van der Waals surface area contributed by atoms with Crippen molar-refractivity contribution in [2.45, 2.75) is 13.8 Å². The van der Waals surface area contributed by atoms with Gasteiger partial charge in [-0.05, 0) is 32.1 Å². The largest absolute Gasteiger partial charge is 0.496 e. The number of ether oxygens (including phenoxy) is 1. The van der Waals surface area contributed by atoms with E-state index in [1.54, 1.807) is 18.0 Å². The molecule has 1 heterocycles. The van der Waals surface area contributed by atoms with Crippen molar-refractivity contribution < 1.29 is 4.74 Å². The van der Waals surface area contributed by atoms with E-state index < -0.39 is 0 Å². The Morgan fingerprint density at radius 1 is 1.16 bits per heavy atom. The Labute approximate surface area is 112 Å². The van der Waals surface area contributed by atoms with Crippen molar-refractivity contribution >= 4 is 12.3 Å². The molecule has 1 aromatic heterocycles. The highest BCUT2D eigenvalue weighted by molar-refractivity contribution is 5.79. The van der Waals surface area contributed by atoms with Gasteiger partial charge < -0.3 is 4.74 Å². The predicted molar refractivity (Wildman–Crippen MR) is 75.4 cm³/mol. The van der Waals surface area contributed by atoms with Gasteiger partial charge in [0.15, 0.2) is 11.6 Å². The van der Waals surface area contributed by atoms with Crippen molar-refractivity contribution in [3.05, 3.63) is 47.6 Å². The van der Waals surface area contributed by atoms with E-state index in [2.05, 4.69) is 15.3 Å². The number of rotatable bonds is 4. The van der Waals surface area contributed by atoms with Crippen LogP contribution in [0.3, 0.4) is 0 Å². The van der Waals surface area contributed by atoms with E-state index in [4.69, 9.17) is 4.74 Å². The molecule has 0 aliphatic rings. The fourth-order valence-corrected chi connectivity index (χ4v) is 1.69. The number of hydrogen-bond acceptors (Lipinski definition) is 4. The molecule has 98 valence electrons. The second kappa shape index (κ2) is 5.95. The van der Waals surface area contributed by atoms with Crippen LogP contribution >= 0.6 is 0 Å². The summed E-state index contributed by atoms with van der Waals surface area (Å²) in [5.74, 6) is 2.36. The summed E-state index contributed by atoms with van der Waals surface area (Å²) in [5, 5.41) is 12.1. The van der Waals surface area contributed by atoms with Gasteiger partial charge in [-0.1, -0.05) is 18.2 Å². The number of allylic oxidation sites excluding steroid dienone is 1. The average molecular weight is 256 g/mol. The van der Waals surface area contributed by atoms with Gasteiger partial charge in [0.05, 0.1) is 7.11 Å². The summed E-state index contributed by atoms with van der Waals surface area (Å²) in [6.45, 7) is 3.72. The molecular weight excluding hydrogens is 240 g/mol. The number of methoxy groups -OCH3 is 1. The molecule has 0 fully saturated rings. The lowest BCUT2D eigenvalue weighted by Crippen LogP contribution is -1.94. The normalized spacial score (nSPS) is 11.5. The van der Waals surface area contributed by atoms with Crippen molar-refractivity contribution in [3.8, 4) is 5.75 Å². The van der Waals surface area contributed by atoms with Crippen LogP contribution in [0.4, 0.5) is 0 Å². The maximum Gasteiger partial charge on any atom is 0.151 e. The van der Waals surface area contributed by atoms with Crippen molar-refractivity contribution in [1.82, 2.24) is 14.9 Å². The molecule has 0 radical (unpaired) electrons. The molecule has 5 heteroatoms. The van der Waals surface area contributed by atoms with E-state index in [1.807, 2.05) is 50.3 Å². The van der Waals surface area contributed by atoms with E-state index in [1.165, 1.54) is 0 Å². The first kappa shape index (κ1) is 13.0. The van der Waals surface area contributed by atoms with E-state index in [-0.39, 0.29) is 0 Å². The summed E-state index contributed by atoms with van der Waals surface area (Å²) in [6.07, 6.45) is 5.50. The third kappa shape index (κ3) is 3.07. The number of aromatic nitrogens is 3. The predicted octanol–water partition coefficient (Wildman–Crippen LogP) is 2.45. The summed E-state index contributed by atoms with van der Waals surface area (Å²) in [5.41, 5.74) is 1.01. The van der Waals surface area contributed by atoms with E-state index in [9.17, 15) is 0 Å². The van der Waals surface area contributed by atoms with Gasteiger partial charge in [0.1, 0.15) is 5.75 Å². The zero-order valence-electron chi connectivity index (χ0n) is 11.2. The van der Waals surface area contributed by atoms with Crippen LogP contribution in [0, 0.1) is 13.8 Å². The molecule has 0 amide bonds. The van der Waals surface area contributed by atoms with Gasteiger partial charge in [0, 0.05) is 11.8 Å². The number of hydrogen-bond donors (Lipinski definition) is 0. The number of nitrogens with zero attached hydrogens (tertiary/aromatic N) is 4. The minimum absolute atomic E-state index is 0.763. The van der Waals surface area contributed by atoms with E-state index in [0.717, 1.165) is 23.0 Å². The monoisotopic (exact) mass is 256 g/mol. The summed E-state index contributed by atoms with van der Waals surface area (Å²) < 4.78 is 6.95. The first-order valence-electron chi connectivity index (χ1n) is 5.95. The van der Waals surface area contributed by atoms with Crippen molar-refractivity contribution in [2.24, 2.45) is 5.10 Å². The molecule has 0 aliphatic heterocycles. The molecule has 19 heavy (non-hydrogen) atoms. The Hall–Kier alpha value is -2.43. The second-order valence-electron chi connectivity index (χ2n) is 3.97. The highest BCUT2D eigenvalue weighted by Crippen LogP contribution is 2.18. The Bertz CT molecular complexity index is 594. The van der Waals surface area contributed by atoms with Gasteiger partial charge in [-0.2, -0.15) is 5.10 Å². The fourth-order valence-electron chi connectivity index (χ4n) is 1.69. The minimum atomic E-state index is 0.763. The smallest absolute Gasteiger partial charge is 0.151 e. The topological polar surface area (TPSA) is 52.3 Å². The SMILES string of the molecule is COc1ccccc1/C=C\C=N/n1c(C)nnc1C. The molecule has 0 bridgehead atoms.